The summed E-state index contributed by atoms with van der Waals surface area (Å²) in [4.78, 5) is 21.8. The zero-order chi connectivity index (χ0) is 36.6. The third-order valence-corrected chi connectivity index (χ3v) is 11.2. The Morgan fingerprint density at radius 1 is 0.327 bits per heavy atom. The number of benzene rings is 7. The molecule has 0 fully saturated rings. The monoisotopic (exact) mass is 720 g/mol. The Morgan fingerprint density at radius 3 is 1.44 bits per heavy atom. The number of pyridine rings is 1. The van der Waals surface area contributed by atoms with Gasteiger partial charge >= 0.3 is 0 Å². The van der Waals surface area contributed by atoms with Crippen LogP contribution in [0.15, 0.2) is 194 Å². The number of rotatable bonds is 7. The van der Waals surface area contributed by atoms with E-state index < -0.39 is 0 Å². The van der Waals surface area contributed by atoms with E-state index in [1.54, 1.807) is 0 Å². The smallest absolute Gasteiger partial charge is 0.164 e. The number of para-hydroxylation sites is 1. The summed E-state index contributed by atoms with van der Waals surface area (Å²) in [6.07, 6.45) is 0. The van der Waals surface area contributed by atoms with E-state index in [0.717, 1.165) is 55.4 Å². The molecule has 0 aliphatic rings. The second kappa shape index (κ2) is 14.0. The molecular weight excluding hydrogens is 689 g/mol. The van der Waals surface area contributed by atoms with E-state index in [2.05, 4.69) is 158 Å². The van der Waals surface area contributed by atoms with Gasteiger partial charge in [0.05, 0.1) is 11.2 Å². The fraction of sp³-hybridized carbons (Fsp3) is 0. The van der Waals surface area contributed by atoms with Crippen LogP contribution in [0.25, 0.3) is 99.1 Å². The van der Waals surface area contributed by atoms with Crippen LogP contribution in [-0.2, 0) is 0 Å². The summed E-state index contributed by atoms with van der Waals surface area (Å²) < 4.78 is 1.22. The molecule has 0 bridgehead atoms. The van der Waals surface area contributed by atoms with E-state index in [1.165, 1.54) is 26.3 Å². The number of aromatic nitrogens is 4. The molecule has 0 saturated carbocycles. The molecule has 0 unspecified atom stereocenters. The van der Waals surface area contributed by atoms with E-state index in [1.807, 2.05) is 47.7 Å². The van der Waals surface area contributed by atoms with Crippen LogP contribution < -0.4 is 0 Å². The van der Waals surface area contributed by atoms with Crippen molar-refractivity contribution in [3.8, 4) is 78.1 Å². The molecule has 0 aliphatic carbocycles. The Hall–Kier alpha value is -7.08. The van der Waals surface area contributed by atoms with Gasteiger partial charge in [0.25, 0.3) is 0 Å². The maximum atomic E-state index is 5.42. The molecule has 0 amide bonds. The predicted molar refractivity (Wildman–Crippen MR) is 229 cm³/mol. The van der Waals surface area contributed by atoms with Crippen molar-refractivity contribution < 1.29 is 0 Å². The molecule has 0 saturated heterocycles. The zero-order valence-electron chi connectivity index (χ0n) is 29.7. The highest BCUT2D eigenvalue weighted by Gasteiger charge is 2.23. The number of nitrogens with zero attached hydrogens (tertiary/aromatic N) is 4. The second-order valence-electron chi connectivity index (χ2n) is 13.4. The van der Waals surface area contributed by atoms with Crippen molar-refractivity contribution in [2.45, 2.75) is 0 Å². The Labute approximate surface area is 323 Å². The molecule has 3 heterocycles. The van der Waals surface area contributed by atoms with E-state index in [4.69, 9.17) is 19.9 Å². The molecule has 10 rings (SSSR count). The van der Waals surface area contributed by atoms with E-state index >= 15 is 0 Å². The molecule has 7 aromatic carbocycles. The highest BCUT2D eigenvalue weighted by atomic mass is 32.1. The highest BCUT2D eigenvalue weighted by molar-refractivity contribution is 7.24. The van der Waals surface area contributed by atoms with Crippen LogP contribution in [-0.4, -0.2) is 19.9 Å². The number of fused-ring (bicyclic) bond motifs is 3. The van der Waals surface area contributed by atoms with Crippen LogP contribution in [0.2, 0.25) is 0 Å². The summed E-state index contributed by atoms with van der Waals surface area (Å²) >= 11 is 1.84. The van der Waals surface area contributed by atoms with Crippen LogP contribution in [0.4, 0.5) is 0 Å². The molecule has 5 heteroatoms. The van der Waals surface area contributed by atoms with E-state index in [-0.39, 0.29) is 0 Å². The maximum Gasteiger partial charge on any atom is 0.164 e. The lowest BCUT2D eigenvalue weighted by Gasteiger charge is -2.12. The number of hydrogen-bond acceptors (Lipinski definition) is 5. The molecule has 0 aliphatic heterocycles. The van der Waals surface area contributed by atoms with Crippen molar-refractivity contribution in [2.75, 3.05) is 0 Å². The van der Waals surface area contributed by atoms with Crippen LogP contribution in [0, 0.1) is 0 Å². The molecule has 0 N–H and O–H groups in total. The zero-order valence-corrected chi connectivity index (χ0v) is 30.5. The minimum Gasteiger partial charge on any atom is -0.247 e. The summed E-state index contributed by atoms with van der Waals surface area (Å²) in [6, 6.07) is 67.3. The Morgan fingerprint density at radius 2 is 0.782 bits per heavy atom. The van der Waals surface area contributed by atoms with Gasteiger partial charge in [0.15, 0.2) is 17.5 Å². The van der Waals surface area contributed by atoms with Gasteiger partial charge in [-0.3, -0.25) is 0 Å². The summed E-state index contributed by atoms with van der Waals surface area (Å²) in [5, 5.41) is 2.29. The van der Waals surface area contributed by atoms with Gasteiger partial charge in [0.2, 0.25) is 0 Å². The lowest BCUT2D eigenvalue weighted by Crippen LogP contribution is -2.00. The lowest BCUT2D eigenvalue weighted by atomic mass is 9.94. The Bertz CT molecular complexity index is 2940. The second-order valence-corrected chi connectivity index (χ2v) is 14.4. The van der Waals surface area contributed by atoms with Crippen LogP contribution in [0.1, 0.15) is 0 Å². The van der Waals surface area contributed by atoms with Gasteiger partial charge in [-0.25, -0.2) is 19.9 Å². The third-order valence-electron chi connectivity index (χ3n) is 9.94. The molecule has 0 spiro atoms. The topological polar surface area (TPSA) is 51.6 Å². The first-order valence-electron chi connectivity index (χ1n) is 18.3. The fourth-order valence-electron chi connectivity index (χ4n) is 7.27. The molecule has 55 heavy (non-hydrogen) atoms. The van der Waals surface area contributed by atoms with E-state index in [0.29, 0.717) is 17.5 Å². The van der Waals surface area contributed by atoms with Gasteiger partial charge in [-0.1, -0.05) is 182 Å². The average molecular weight is 721 g/mol. The summed E-state index contributed by atoms with van der Waals surface area (Å²) in [7, 11) is 0. The molecular formula is C50H32N4S. The standard InChI is InChI=1S/C50H32N4S/c1-5-16-33(17-6-1)34-28-30-38(31-29-34)49-52-48(37-22-11-4-12-23-37)53-50(54-49)40-25-15-24-39(32-40)45-44-43(35-18-7-2-8-19-35)46(36-20-9-3-10-21-36)55-47(44)41-26-13-14-27-42(41)51-45/h1-32H. The summed E-state index contributed by atoms with van der Waals surface area (Å²) in [6.45, 7) is 0. The largest absolute Gasteiger partial charge is 0.247 e. The van der Waals surface area contributed by atoms with Gasteiger partial charge in [-0.2, -0.15) is 0 Å². The van der Waals surface area contributed by atoms with Crippen LogP contribution in [0.3, 0.4) is 0 Å². The lowest BCUT2D eigenvalue weighted by molar-refractivity contribution is 1.07. The Kier molecular flexibility index (Phi) is 8.32. The van der Waals surface area contributed by atoms with Crippen molar-refractivity contribution in [3.63, 3.8) is 0 Å². The number of hydrogen-bond donors (Lipinski definition) is 0. The third kappa shape index (κ3) is 6.17. The summed E-state index contributed by atoms with van der Waals surface area (Å²) in [5.74, 6) is 1.85. The molecule has 10 aromatic rings. The van der Waals surface area contributed by atoms with Crippen LogP contribution in [0.5, 0.6) is 0 Å². The van der Waals surface area contributed by atoms with Crippen molar-refractivity contribution in [2.24, 2.45) is 0 Å². The average Bonchev–Trinajstić information content (AvgIpc) is 3.69. The Balaban J connectivity index is 1.17. The maximum absolute atomic E-state index is 5.42. The van der Waals surface area contributed by atoms with Gasteiger partial charge < -0.3 is 0 Å². The molecule has 0 radical (unpaired) electrons. The number of thiophene rings is 1. The normalized spacial score (nSPS) is 11.3. The fourth-order valence-corrected chi connectivity index (χ4v) is 8.63. The molecule has 4 nitrogen and oxygen atoms in total. The SMILES string of the molecule is c1ccc(-c2ccc(-c3nc(-c4ccccc4)nc(-c4cccc(-c5nc6ccccc6c6sc(-c7ccccc7)c(-c7ccccc7)c56)c4)n3)cc2)cc1. The van der Waals surface area contributed by atoms with Crippen molar-refractivity contribution in [1.29, 1.82) is 0 Å². The van der Waals surface area contributed by atoms with Gasteiger partial charge in [0, 0.05) is 48.2 Å². The van der Waals surface area contributed by atoms with Crippen molar-refractivity contribution in [1.82, 2.24) is 19.9 Å². The first-order valence-corrected chi connectivity index (χ1v) is 19.1. The minimum atomic E-state index is 0.605. The predicted octanol–water partition coefficient (Wildman–Crippen LogP) is 13.3. The van der Waals surface area contributed by atoms with Gasteiger partial charge in [-0.15, -0.1) is 11.3 Å². The van der Waals surface area contributed by atoms with Crippen LogP contribution >= 0.6 is 11.3 Å². The van der Waals surface area contributed by atoms with Gasteiger partial charge in [-0.05, 0) is 34.4 Å². The first kappa shape index (κ1) is 32.6. The van der Waals surface area contributed by atoms with Gasteiger partial charge in [0.1, 0.15) is 0 Å². The molecule has 3 aromatic heterocycles. The van der Waals surface area contributed by atoms with Crippen molar-refractivity contribution in [3.05, 3.63) is 194 Å². The minimum absolute atomic E-state index is 0.605. The van der Waals surface area contributed by atoms with E-state index in [9.17, 15) is 0 Å². The summed E-state index contributed by atoms with van der Waals surface area (Å²) in [5.41, 5.74) is 11.5. The molecule has 258 valence electrons. The molecule has 0 atom stereocenters. The van der Waals surface area contributed by atoms with Crippen molar-refractivity contribution >= 4 is 32.3 Å². The first-order chi connectivity index (χ1) is 27.3. The highest BCUT2D eigenvalue weighted by Crippen LogP contribution is 2.50. The quantitative estimate of drug-likeness (QED) is 0.164.